The van der Waals surface area contributed by atoms with Gasteiger partial charge < -0.3 is 15.8 Å². The van der Waals surface area contributed by atoms with Crippen LogP contribution < -0.4 is 11.1 Å². The fourth-order valence-electron chi connectivity index (χ4n) is 1.45. The summed E-state index contributed by atoms with van der Waals surface area (Å²) in [5.74, 6) is 0.135. The molecular formula is C13H18N2O3S. The molecular weight excluding hydrogens is 264 g/mol. The molecule has 0 spiro atoms. The first-order valence-corrected chi connectivity index (χ1v) is 7.21. The molecule has 0 unspecified atom stereocenters. The Hall–Kier alpha value is -1.53. The quantitative estimate of drug-likeness (QED) is 0.773. The van der Waals surface area contributed by atoms with Crippen molar-refractivity contribution in [2.75, 3.05) is 24.4 Å². The van der Waals surface area contributed by atoms with Crippen molar-refractivity contribution < 1.29 is 14.3 Å². The van der Waals surface area contributed by atoms with E-state index in [1.165, 1.54) is 7.11 Å². The maximum Gasteiger partial charge on any atom is 0.337 e. The van der Waals surface area contributed by atoms with E-state index < -0.39 is 12.0 Å². The molecule has 0 radical (unpaired) electrons. The molecule has 1 aromatic carbocycles. The summed E-state index contributed by atoms with van der Waals surface area (Å²) in [6.45, 7) is 0. The molecule has 19 heavy (non-hydrogen) atoms. The molecule has 1 rings (SSSR count). The summed E-state index contributed by atoms with van der Waals surface area (Å²) in [6.07, 6.45) is 2.58. The summed E-state index contributed by atoms with van der Waals surface area (Å²) >= 11 is 1.64. The Bertz CT molecular complexity index is 451. The molecule has 0 fully saturated rings. The van der Waals surface area contributed by atoms with Gasteiger partial charge >= 0.3 is 5.97 Å². The average molecular weight is 282 g/mol. The van der Waals surface area contributed by atoms with Crippen molar-refractivity contribution in [1.82, 2.24) is 0 Å². The van der Waals surface area contributed by atoms with E-state index in [2.05, 4.69) is 10.1 Å². The summed E-state index contributed by atoms with van der Waals surface area (Å²) in [4.78, 5) is 23.2. The third-order valence-electron chi connectivity index (χ3n) is 2.52. The number of anilines is 1. The van der Waals surface area contributed by atoms with Crippen LogP contribution in [0.3, 0.4) is 0 Å². The van der Waals surface area contributed by atoms with Crippen molar-refractivity contribution in [2.45, 2.75) is 12.5 Å². The maximum absolute atomic E-state index is 11.8. The lowest BCUT2D eigenvalue weighted by atomic mass is 10.2. The Labute approximate surface area is 116 Å². The number of methoxy groups -OCH3 is 1. The van der Waals surface area contributed by atoms with Crippen LogP contribution in [0.2, 0.25) is 0 Å². The number of carbonyl (C=O) groups is 2. The highest BCUT2D eigenvalue weighted by Gasteiger charge is 2.14. The minimum atomic E-state index is -0.547. The number of carbonyl (C=O) groups excluding carboxylic acids is 2. The minimum absolute atomic E-state index is 0.254. The van der Waals surface area contributed by atoms with Crippen molar-refractivity contribution in [3.05, 3.63) is 29.8 Å². The molecule has 0 heterocycles. The first-order valence-electron chi connectivity index (χ1n) is 5.82. The van der Waals surface area contributed by atoms with Crippen LogP contribution >= 0.6 is 11.8 Å². The van der Waals surface area contributed by atoms with Crippen LogP contribution in [-0.4, -0.2) is 37.0 Å². The third kappa shape index (κ3) is 4.92. The number of rotatable bonds is 6. The molecule has 104 valence electrons. The fraction of sp³-hybridized carbons (Fsp3) is 0.385. The van der Waals surface area contributed by atoms with Gasteiger partial charge in [0, 0.05) is 5.69 Å². The highest BCUT2D eigenvalue weighted by molar-refractivity contribution is 7.98. The first kappa shape index (κ1) is 15.5. The second-order valence-electron chi connectivity index (χ2n) is 3.95. The topological polar surface area (TPSA) is 81.4 Å². The Morgan fingerprint density at radius 2 is 2.21 bits per heavy atom. The zero-order valence-corrected chi connectivity index (χ0v) is 11.8. The normalized spacial score (nSPS) is 11.7. The largest absolute Gasteiger partial charge is 0.465 e. The van der Waals surface area contributed by atoms with Crippen LogP contribution in [-0.2, 0) is 9.53 Å². The van der Waals surface area contributed by atoms with Gasteiger partial charge in [0.2, 0.25) is 5.91 Å². The summed E-state index contributed by atoms with van der Waals surface area (Å²) in [5.41, 5.74) is 6.68. The average Bonchev–Trinajstić information content (AvgIpc) is 2.44. The minimum Gasteiger partial charge on any atom is -0.465 e. The second kappa shape index (κ2) is 7.81. The van der Waals surface area contributed by atoms with E-state index in [-0.39, 0.29) is 5.91 Å². The number of benzene rings is 1. The van der Waals surface area contributed by atoms with Gasteiger partial charge in [-0.2, -0.15) is 11.8 Å². The summed E-state index contributed by atoms with van der Waals surface area (Å²) in [6, 6.07) is 6.01. The number of thioether (sulfide) groups is 1. The zero-order chi connectivity index (χ0) is 14.3. The van der Waals surface area contributed by atoms with Gasteiger partial charge in [0.1, 0.15) is 0 Å². The van der Waals surface area contributed by atoms with E-state index in [9.17, 15) is 9.59 Å². The molecule has 1 atom stereocenters. The van der Waals surface area contributed by atoms with Gasteiger partial charge in [0.25, 0.3) is 0 Å². The molecule has 1 aromatic rings. The SMILES string of the molecule is COC(=O)c1cccc(NC(=O)[C@H](N)CCSC)c1. The molecule has 0 saturated carbocycles. The lowest BCUT2D eigenvalue weighted by Gasteiger charge is -2.12. The smallest absolute Gasteiger partial charge is 0.337 e. The highest BCUT2D eigenvalue weighted by atomic mass is 32.2. The van der Waals surface area contributed by atoms with Gasteiger partial charge in [0.15, 0.2) is 0 Å². The van der Waals surface area contributed by atoms with Crippen molar-refractivity contribution in [2.24, 2.45) is 5.73 Å². The molecule has 0 aromatic heterocycles. The van der Waals surface area contributed by atoms with Gasteiger partial charge in [-0.3, -0.25) is 4.79 Å². The maximum atomic E-state index is 11.8. The Morgan fingerprint density at radius 1 is 1.47 bits per heavy atom. The van der Waals surface area contributed by atoms with E-state index in [1.807, 2.05) is 6.26 Å². The van der Waals surface area contributed by atoms with Crippen molar-refractivity contribution >= 4 is 29.3 Å². The summed E-state index contributed by atoms with van der Waals surface area (Å²) < 4.78 is 4.62. The molecule has 0 aliphatic heterocycles. The number of hydrogen-bond acceptors (Lipinski definition) is 5. The molecule has 0 aliphatic carbocycles. The molecule has 6 heteroatoms. The molecule has 3 N–H and O–H groups in total. The molecule has 0 saturated heterocycles. The van der Waals surface area contributed by atoms with Gasteiger partial charge in [-0.05, 0) is 36.6 Å². The third-order valence-corrected chi connectivity index (χ3v) is 3.16. The van der Waals surface area contributed by atoms with Gasteiger partial charge in [-0.25, -0.2) is 4.79 Å². The van der Waals surface area contributed by atoms with E-state index in [1.54, 1.807) is 36.0 Å². The molecule has 5 nitrogen and oxygen atoms in total. The second-order valence-corrected chi connectivity index (χ2v) is 4.94. The van der Waals surface area contributed by atoms with E-state index in [0.717, 1.165) is 5.75 Å². The van der Waals surface area contributed by atoms with Crippen LogP contribution in [0.5, 0.6) is 0 Å². The standard InChI is InChI=1S/C13H18N2O3S/c1-18-13(17)9-4-3-5-10(8-9)15-12(16)11(14)6-7-19-2/h3-5,8,11H,6-7,14H2,1-2H3,(H,15,16)/t11-/m1/s1. The predicted molar refractivity (Wildman–Crippen MR) is 77.4 cm³/mol. The first-order chi connectivity index (χ1) is 9.08. The van der Waals surface area contributed by atoms with Crippen LogP contribution in [0.4, 0.5) is 5.69 Å². The molecule has 0 aliphatic rings. The lowest BCUT2D eigenvalue weighted by molar-refractivity contribution is -0.117. The van der Waals surface area contributed by atoms with Crippen LogP contribution in [0.25, 0.3) is 0 Å². The number of hydrogen-bond donors (Lipinski definition) is 2. The predicted octanol–water partition coefficient (Wildman–Crippen LogP) is 1.49. The summed E-state index contributed by atoms with van der Waals surface area (Å²) in [5, 5.41) is 2.69. The summed E-state index contributed by atoms with van der Waals surface area (Å²) in [7, 11) is 1.31. The number of esters is 1. The van der Waals surface area contributed by atoms with E-state index in [0.29, 0.717) is 17.7 Å². The number of amides is 1. The monoisotopic (exact) mass is 282 g/mol. The van der Waals surface area contributed by atoms with Crippen molar-refractivity contribution in [1.29, 1.82) is 0 Å². The van der Waals surface area contributed by atoms with E-state index in [4.69, 9.17) is 5.73 Å². The molecule has 1 amide bonds. The van der Waals surface area contributed by atoms with Gasteiger partial charge in [-0.1, -0.05) is 6.07 Å². The number of nitrogens with one attached hydrogen (secondary N) is 1. The Kier molecular flexibility index (Phi) is 6.38. The van der Waals surface area contributed by atoms with Crippen molar-refractivity contribution in [3.8, 4) is 0 Å². The highest BCUT2D eigenvalue weighted by Crippen LogP contribution is 2.12. The molecule has 0 bridgehead atoms. The Balaban J connectivity index is 2.66. The van der Waals surface area contributed by atoms with E-state index >= 15 is 0 Å². The Morgan fingerprint density at radius 3 is 2.84 bits per heavy atom. The zero-order valence-electron chi connectivity index (χ0n) is 11.0. The van der Waals surface area contributed by atoms with Gasteiger partial charge in [-0.15, -0.1) is 0 Å². The van der Waals surface area contributed by atoms with Crippen LogP contribution in [0.15, 0.2) is 24.3 Å². The number of nitrogens with two attached hydrogens (primary N) is 1. The van der Waals surface area contributed by atoms with Crippen molar-refractivity contribution in [3.63, 3.8) is 0 Å². The van der Waals surface area contributed by atoms with Gasteiger partial charge in [0.05, 0.1) is 18.7 Å². The number of ether oxygens (including phenoxy) is 1. The van der Waals surface area contributed by atoms with Crippen LogP contribution in [0.1, 0.15) is 16.8 Å². The lowest BCUT2D eigenvalue weighted by Crippen LogP contribution is -2.36. The van der Waals surface area contributed by atoms with Crippen LogP contribution in [0, 0.1) is 0 Å². The fourth-order valence-corrected chi connectivity index (χ4v) is 1.94.